The van der Waals surface area contributed by atoms with Gasteiger partial charge in [-0.2, -0.15) is 0 Å². The van der Waals surface area contributed by atoms with Crippen LogP contribution in [0.2, 0.25) is 0 Å². The Morgan fingerprint density at radius 3 is 1.39 bits per heavy atom. The first kappa shape index (κ1) is 21.0. The van der Waals surface area contributed by atoms with E-state index >= 15 is 0 Å². The van der Waals surface area contributed by atoms with Crippen molar-refractivity contribution in [3.8, 4) is 0 Å². The second-order valence-corrected chi connectivity index (χ2v) is 7.71. The van der Waals surface area contributed by atoms with Crippen LogP contribution in [-0.4, -0.2) is 17.2 Å². The quantitative estimate of drug-likeness (QED) is 0.397. The number of hydrogen-bond donors (Lipinski definition) is 1. The van der Waals surface area contributed by atoms with Gasteiger partial charge in [-0.05, 0) is 12.8 Å². The summed E-state index contributed by atoms with van der Waals surface area (Å²) in [5.74, 6) is 0. The third-order valence-electron chi connectivity index (χ3n) is 3.22. The first-order valence-corrected chi connectivity index (χ1v) is 9.46. The normalized spacial score (nSPS) is 11.3. The molecular weight excluding hydrogens is 283 g/mol. The summed E-state index contributed by atoms with van der Waals surface area (Å²) in [4.78, 5) is 9.78. The van der Waals surface area contributed by atoms with Gasteiger partial charge < -0.3 is 4.89 Å². The monoisotopic (exact) mass is 314 g/mol. The average molecular weight is 314 g/mol. The number of hydrogen-bond acceptors (Lipinski definition) is 1. The fourth-order valence-corrected chi connectivity index (χ4v) is 3.70. The minimum atomic E-state index is -2.79. The van der Waals surface area contributed by atoms with E-state index in [4.69, 9.17) is 0 Å². The Labute approximate surface area is 125 Å². The molecule has 0 atom stereocenters. The van der Waals surface area contributed by atoms with Crippen LogP contribution in [0.15, 0.2) is 0 Å². The first-order valence-electron chi connectivity index (χ1n) is 7.43. The molecule has 110 valence electrons. The van der Waals surface area contributed by atoms with Crippen LogP contribution >= 0.6 is 7.37 Å². The molecule has 2 nitrogen and oxygen atoms in total. The zero-order valence-corrected chi connectivity index (χ0v) is 14.4. The van der Waals surface area contributed by atoms with Crippen molar-refractivity contribution < 1.29 is 26.8 Å². The molecule has 0 aliphatic carbocycles. The minimum absolute atomic E-state index is 0. The number of unbranched alkanes of at least 4 members (excludes halogenated alkanes) is 8. The summed E-state index contributed by atoms with van der Waals surface area (Å²) in [6.45, 7) is 4.38. The molecule has 0 aromatic heterocycles. The Balaban J connectivity index is 0. The number of rotatable bonds is 12. The summed E-state index contributed by atoms with van der Waals surface area (Å²) in [6, 6.07) is 0. The van der Waals surface area contributed by atoms with Crippen molar-refractivity contribution in [3.05, 3.63) is 0 Å². The fourth-order valence-electron chi connectivity index (χ4n) is 2.04. The molecule has 0 heterocycles. The van der Waals surface area contributed by atoms with Crippen molar-refractivity contribution in [2.45, 2.75) is 78.1 Å². The molecule has 0 spiro atoms. The smallest absolute Gasteiger partial charge is 0.200 e. The van der Waals surface area contributed by atoms with Crippen LogP contribution < -0.4 is 0 Å². The van der Waals surface area contributed by atoms with Gasteiger partial charge in [0, 0.05) is 29.7 Å². The molecule has 0 unspecified atom stereocenters. The van der Waals surface area contributed by atoms with E-state index < -0.39 is 7.37 Å². The molecule has 0 aromatic carbocycles. The Kier molecular flexibility index (Phi) is 16.5. The van der Waals surface area contributed by atoms with Gasteiger partial charge in [-0.15, -0.1) is 0 Å². The van der Waals surface area contributed by atoms with Crippen LogP contribution in [0.3, 0.4) is 0 Å². The van der Waals surface area contributed by atoms with E-state index in [1.165, 1.54) is 38.5 Å². The third kappa shape index (κ3) is 14.8. The van der Waals surface area contributed by atoms with Gasteiger partial charge in [-0.3, -0.25) is 4.57 Å². The van der Waals surface area contributed by atoms with Gasteiger partial charge in [-0.1, -0.05) is 65.2 Å². The largest absolute Gasteiger partial charge is 0.344 e. The van der Waals surface area contributed by atoms with Crippen molar-refractivity contribution >= 4 is 7.37 Å². The van der Waals surface area contributed by atoms with Crippen LogP contribution in [-0.2, 0) is 21.9 Å². The molecule has 1 N–H and O–H groups in total. The summed E-state index contributed by atoms with van der Waals surface area (Å²) in [5.41, 5.74) is 0. The van der Waals surface area contributed by atoms with Gasteiger partial charge >= 0.3 is 0 Å². The SMILES string of the molecule is CCCCCCCP(=O)(O)CCCCCCC.[Cr]. The Morgan fingerprint density at radius 1 is 0.722 bits per heavy atom. The zero-order chi connectivity index (χ0) is 13.0. The van der Waals surface area contributed by atoms with Crippen LogP contribution in [0, 0.1) is 0 Å². The molecule has 0 aliphatic heterocycles. The molecule has 0 saturated heterocycles. The molecule has 0 rings (SSSR count). The maximum atomic E-state index is 11.8. The van der Waals surface area contributed by atoms with Gasteiger partial charge in [0.25, 0.3) is 0 Å². The minimum Gasteiger partial charge on any atom is -0.344 e. The van der Waals surface area contributed by atoms with Gasteiger partial charge in [-0.25, -0.2) is 0 Å². The standard InChI is InChI=1S/C14H31O2P.Cr/c1-3-5-7-9-11-13-17(15,16)14-12-10-8-6-4-2;/h3-14H2,1-2H3,(H,15,16);. The molecular formula is C14H31CrO2P. The molecule has 0 amide bonds. The second kappa shape index (κ2) is 14.1. The van der Waals surface area contributed by atoms with Crippen molar-refractivity contribution in [3.63, 3.8) is 0 Å². The molecule has 0 radical (unpaired) electrons. The molecule has 0 fully saturated rings. The van der Waals surface area contributed by atoms with Gasteiger partial charge in [0.15, 0.2) is 0 Å². The maximum Gasteiger partial charge on any atom is 0.200 e. The first-order chi connectivity index (χ1) is 8.12. The van der Waals surface area contributed by atoms with E-state index in [0.717, 1.165) is 25.7 Å². The van der Waals surface area contributed by atoms with Crippen LogP contribution in [0.1, 0.15) is 78.1 Å². The summed E-state index contributed by atoms with van der Waals surface area (Å²) in [7, 11) is -2.79. The zero-order valence-electron chi connectivity index (χ0n) is 12.2. The molecule has 0 aliphatic rings. The second-order valence-electron chi connectivity index (χ2n) is 5.12. The topological polar surface area (TPSA) is 37.3 Å². The van der Waals surface area contributed by atoms with Gasteiger partial charge in [0.2, 0.25) is 7.37 Å². The van der Waals surface area contributed by atoms with E-state index in [9.17, 15) is 9.46 Å². The summed E-state index contributed by atoms with van der Waals surface area (Å²) in [5, 5.41) is 0. The third-order valence-corrected chi connectivity index (χ3v) is 5.25. The van der Waals surface area contributed by atoms with Crippen molar-refractivity contribution in [2.24, 2.45) is 0 Å². The van der Waals surface area contributed by atoms with Crippen molar-refractivity contribution in [1.29, 1.82) is 0 Å². The molecule has 4 heteroatoms. The summed E-state index contributed by atoms with van der Waals surface area (Å²) in [6.07, 6.45) is 12.6. The Hall–Kier alpha value is 0.722. The predicted molar refractivity (Wildman–Crippen MR) is 77.1 cm³/mol. The predicted octanol–water partition coefficient (Wildman–Crippen LogP) is 5.20. The Morgan fingerprint density at radius 2 is 1.06 bits per heavy atom. The summed E-state index contributed by atoms with van der Waals surface area (Å²) >= 11 is 0. The molecule has 18 heavy (non-hydrogen) atoms. The Bertz CT molecular complexity index is 192. The molecule has 0 aromatic rings. The van der Waals surface area contributed by atoms with Gasteiger partial charge in [0.1, 0.15) is 0 Å². The fraction of sp³-hybridized carbons (Fsp3) is 1.00. The van der Waals surface area contributed by atoms with E-state index in [-0.39, 0.29) is 17.4 Å². The van der Waals surface area contributed by atoms with Crippen LogP contribution in [0.4, 0.5) is 0 Å². The van der Waals surface area contributed by atoms with E-state index in [1.807, 2.05) is 0 Å². The van der Waals surface area contributed by atoms with Crippen LogP contribution in [0.25, 0.3) is 0 Å². The van der Waals surface area contributed by atoms with Crippen molar-refractivity contribution in [1.82, 2.24) is 0 Å². The van der Waals surface area contributed by atoms with Gasteiger partial charge in [0.05, 0.1) is 0 Å². The van der Waals surface area contributed by atoms with E-state index in [1.54, 1.807) is 0 Å². The maximum absolute atomic E-state index is 11.8. The summed E-state index contributed by atoms with van der Waals surface area (Å²) < 4.78 is 11.8. The van der Waals surface area contributed by atoms with Crippen molar-refractivity contribution in [2.75, 3.05) is 12.3 Å². The van der Waals surface area contributed by atoms with Crippen LogP contribution in [0.5, 0.6) is 0 Å². The van der Waals surface area contributed by atoms with E-state index in [2.05, 4.69) is 13.8 Å². The van der Waals surface area contributed by atoms with E-state index in [0.29, 0.717) is 12.3 Å². The molecule has 0 saturated carbocycles. The average Bonchev–Trinajstić information content (AvgIpc) is 2.28. The molecule has 0 bridgehead atoms.